The summed E-state index contributed by atoms with van der Waals surface area (Å²) in [6.45, 7) is 0. The van der Waals surface area contributed by atoms with E-state index in [4.69, 9.17) is 14.2 Å². The fraction of sp³-hybridized carbons (Fsp3) is 0.385. The molecule has 1 aromatic carbocycles. The van der Waals surface area contributed by atoms with Crippen molar-refractivity contribution in [1.29, 1.82) is 0 Å². The van der Waals surface area contributed by atoms with E-state index in [0.29, 0.717) is 17.1 Å². The summed E-state index contributed by atoms with van der Waals surface area (Å²) in [5.41, 5.74) is 0.818. The third-order valence-corrected chi connectivity index (χ3v) is 2.93. The Kier molecular flexibility index (Phi) is 5.69. The molecule has 0 saturated carbocycles. The first-order chi connectivity index (χ1) is 9.07. The smallest absolute Gasteiger partial charge is 0.338 e. The quantitative estimate of drug-likeness (QED) is 0.634. The van der Waals surface area contributed by atoms with Crippen LogP contribution in [0.25, 0.3) is 0 Å². The summed E-state index contributed by atoms with van der Waals surface area (Å²) in [5, 5.41) is 0. The Bertz CT molecular complexity index is 484. The van der Waals surface area contributed by atoms with E-state index in [1.807, 2.05) is 0 Å². The van der Waals surface area contributed by atoms with Crippen molar-refractivity contribution in [3.05, 3.63) is 23.3 Å². The molecule has 0 heterocycles. The fourth-order valence-corrected chi connectivity index (χ4v) is 1.75. The number of carbonyl (C=O) groups excluding carboxylic acids is 2. The van der Waals surface area contributed by atoms with E-state index in [9.17, 15) is 9.59 Å². The van der Waals surface area contributed by atoms with Crippen LogP contribution in [-0.2, 0) is 16.0 Å². The zero-order valence-corrected chi connectivity index (χ0v) is 12.0. The van der Waals surface area contributed by atoms with E-state index in [1.54, 1.807) is 6.07 Å². The van der Waals surface area contributed by atoms with E-state index >= 15 is 0 Å². The molecule has 0 spiro atoms. The highest BCUT2D eigenvalue weighted by atomic mass is 32.1. The molecule has 0 aliphatic heterocycles. The average molecular weight is 284 g/mol. The zero-order valence-electron chi connectivity index (χ0n) is 11.1. The number of ether oxygens (including phenoxy) is 3. The molecule has 19 heavy (non-hydrogen) atoms. The van der Waals surface area contributed by atoms with Gasteiger partial charge in [0.15, 0.2) is 11.5 Å². The SMILES string of the molecule is COC(=O)c1cc(OC)c(OC)cc1CC(=O)CS. The molecule has 5 nitrogen and oxygen atoms in total. The van der Waals surface area contributed by atoms with Gasteiger partial charge in [-0.15, -0.1) is 0 Å². The first kappa shape index (κ1) is 15.4. The number of thiol groups is 1. The van der Waals surface area contributed by atoms with Crippen molar-refractivity contribution >= 4 is 24.4 Å². The Morgan fingerprint density at radius 2 is 1.68 bits per heavy atom. The Balaban J connectivity index is 3.31. The van der Waals surface area contributed by atoms with Gasteiger partial charge in [0, 0.05) is 12.2 Å². The number of methoxy groups -OCH3 is 3. The minimum absolute atomic E-state index is 0.0916. The number of hydrogen-bond donors (Lipinski definition) is 1. The Hall–Kier alpha value is -1.69. The van der Waals surface area contributed by atoms with Crippen molar-refractivity contribution in [2.24, 2.45) is 0 Å². The van der Waals surface area contributed by atoms with Crippen LogP contribution < -0.4 is 9.47 Å². The maximum Gasteiger partial charge on any atom is 0.338 e. The Labute approximate surface area is 117 Å². The number of benzene rings is 1. The molecule has 0 atom stereocenters. The molecule has 0 aliphatic carbocycles. The van der Waals surface area contributed by atoms with Gasteiger partial charge in [0.2, 0.25) is 0 Å². The van der Waals surface area contributed by atoms with Gasteiger partial charge in [0.25, 0.3) is 0 Å². The first-order valence-electron chi connectivity index (χ1n) is 5.53. The number of rotatable bonds is 6. The summed E-state index contributed by atoms with van der Waals surface area (Å²) >= 11 is 3.92. The van der Waals surface area contributed by atoms with Crippen LogP contribution in [0.15, 0.2) is 12.1 Å². The highest BCUT2D eigenvalue weighted by Crippen LogP contribution is 2.31. The molecule has 104 valence electrons. The maximum absolute atomic E-state index is 11.7. The van der Waals surface area contributed by atoms with Crippen molar-refractivity contribution in [3.8, 4) is 11.5 Å². The first-order valence-corrected chi connectivity index (χ1v) is 6.16. The highest BCUT2D eigenvalue weighted by molar-refractivity contribution is 7.81. The Morgan fingerprint density at radius 3 is 2.16 bits per heavy atom. The molecule has 0 radical (unpaired) electrons. The van der Waals surface area contributed by atoms with Crippen molar-refractivity contribution in [3.63, 3.8) is 0 Å². The van der Waals surface area contributed by atoms with Crippen LogP contribution in [0, 0.1) is 0 Å². The number of esters is 1. The van der Waals surface area contributed by atoms with Gasteiger partial charge in [-0.25, -0.2) is 4.79 Å². The predicted octanol–water partition coefficient (Wildman–Crippen LogP) is 1.53. The van der Waals surface area contributed by atoms with Gasteiger partial charge in [-0.3, -0.25) is 4.79 Å². The summed E-state index contributed by atoms with van der Waals surface area (Å²) in [7, 11) is 4.24. The molecule has 0 amide bonds. The molecule has 6 heteroatoms. The molecule has 1 aromatic rings. The molecule has 0 N–H and O–H groups in total. The van der Waals surface area contributed by atoms with Gasteiger partial charge in [-0.2, -0.15) is 12.6 Å². The summed E-state index contributed by atoms with van der Waals surface area (Å²) in [5.74, 6) is 0.348. The van der Waals surface area contributed by atoms with Crippen molar-refractivity contribution in [2.75, 3.05) is 27.1 Å². The summed E-state index contributed by atoms with van der Waals surface area (Å²) in [6, 6.07) is 3.11. The lowest BCUT2D eigenvalue weighted by Gasteiger charge is -2.13. The topological polar surface area (TPSA) is 61.8 Å². The summed E-state index contributed by atoms with van der Waals surface area (Å²) < 4.78 is 15.0. The van der Waals surface area contributed by atoms with Crippen LogP contribution in [0.1, 0.15) is 15.9 Å². The molecular formula is C13H16O5S. The minimum Gasteiger partial charge on any atom is -0.493 e. The van der Waals surface area contributed by atoms with Crippen LogP contribution in [0.5, 0.6) is 11.5 Å². The van der Waals surface area contributed by atoms with Gasteiger partial charge in [0.1, 0.15) is 5.78 Å². The molecule has 0 saturated heterocycles. The van der Waals surface area contributed by atoms with Gasteiger partial charge in [0.05, 0.1) is 26.9 Å². The van der Waals surface area contributed by atoms with E-state index in [0.717, 1.165) is 0 Å². The van der Waals surface area contributed by atoms with Crippen LogP contribution in [0.4, 0.5) is 0 Å². The summed E-state index contributed by atoms with van der Waals surface area (Å²) in [6.07, 6.45) is 0.0916. The number of hydrogen-bond acceptors (Lipinski definition) is 6. The van der Waals surface area contributed by atoms with Crippen LogP contribution >= 0.6 is 12.6 Å². The Morgan fingerprint density at radius 1 is 1.11 bits per heavy atom. The highest BCUT2D eigenvalue weighted by Gasteiger charge is 2.18. The lowest BCUT2D eigenvalue weighted by atomic mass is 10.0. The van der Waals surface area contributed by atoms with Gasteiger partial charge in [-0.05, 0) is 17.7 Å². The van der Waals surface area contributed by atoms with Crippen LogP contribution in [-0.4, -0.2) is 38.8 Å². The second-order valence-electron chi connectivity index (χ2n) is 3.73. The molecule has 0 fully saturated rings. The third-order valence-electron chi connectivity index (χ3n) is 2.58. The van der Waals surface area contributed by atoms with Gasteiger partial charge >= 0.3 is 5.97 Å². The van der Waals surface area contributed by atoms with Gasteiger partial charge < -0.3 is 14.2 Å². The van der Waals surface area contributed by atoms with Gasteiger partial charge in [-0.1, -0.05) is 0 Å². The largest absolute Gasteiger partial charge is 0.493 e. The zero-order chi connectivity index (χ0) is 14.4. The van der Waals surface area contributed by atoms with E-state index in [-0.39, 0.29) is 23.5 Å². The average Bonchev–Trinajstić information content (AvgIpc) is 2.45. The third kappa shape index (κ3) is 3.64. The number of carbonyl (C=O) groups is 2. The predicted molar refractivity (Wildman–Crippen MR) is 73.4 cm³/mol. The fourth-order valence-electron chi connectivity index (χ4n) is 1.64. The van der Waals surface area contributed by atoms with Crippen molar-refractivity contribution in [2.45, 2.75) is 6.42 Å². The standard InChI is InChI=1S/C13H16O5S/c1-16-11-5-8(4-9(14)7-19)10(13(15)18-3)6-12(11)17-2/h5-6,19H,4,7H2,1-3H3. The second-order valence-corrected chi connectivity index (χ2v) is 4.05. The molecule has 0 bridgehead atoms. The number of Topliss-reactive ketones (excluding diaryl/α,β-unsaturated/α-hetero) is 1. The molecule has 0 aliphatic rings. The lowest BCUT2D eigenvalue weighted by Crippen LogP contribution is -2.12. The van der Waals surface area contributed by atoms with E-state index < -0.39 is 5.97 Å². The monoisotopic (exact) mass is 284 g/mol. The molecular weight excluding hydrogens is 268 g/mol. The van der Waals surface area contributed by atoms with Crippen molar-refractivity contribution < 1.29 is 23.8 Å². The maximum atomic E-state index is 11.7. The van der Waals surface area contributed by atoms with E-state index in [2.05, 4.69) is 12.6 Å². The summed E-state index contributed by atoms with van der Waals surface area (Å²) in [4.78, 5) is 23.2. The second kappa shape index (κ2) is 7.04. The minimum atomic E-state index is -0.525. The normalized spacial score (nSPS) is 9.89. The molecule has 0 aromatic heterocycles. The molecule has 1 rings (SSSR count). The number of ketones is 1. The molecule has 0 unspecified atom stereocenters. The lowest BCUT2D eigenvalue weighted by molar-refractivity contribution is -0.115. The van der Waals surface area contributed by atoms with Crippen LogP contribution in [0.3, 0.4) is 0 Å². The van der Waals surface area contributed by atoms with E-state index in [1.165, 1.54) is 27.4 Å². The van der Waals surface area contributed by atoms with Crippen molar-refractivity contribution in [1.82, 2.24) is 0 Å². The van der Waals surface area contributed by atoms with Crippen LogP contribution in [0.2, 0.25) is 0 Å².